The Labute approximate surface area is 153 Å². The molecule has 0 bridgehead atoms. The van der Waals surface area contributed by atoms with E-state index in [2.05, 4.69) is 21.9 Å². The number of halogens is 2. The predicted molar refractivity (Wildman–Crippen MR) is 99.0 cm³/mol. The molecule has 0 amide bonds. The molecule has 0 saturated carbocycles. The summed E-state index contributed by atoms with van der Waals surface area (Å²) in [6.45, 7) is 4.27. The lowest BCUT2D eigenvalue weighted by Crippen LogP contribution is -2.52. The van der Waals surface area contributed by atoms with E-state index in [1.165, 1.54) is 11.6 Å². The fraction of sp³-hybridized carbons (Fsp3) is 0.400. The molecule has 1 atom stereocenters. The van der Waals surface area contributed by atoms with Crippen molar-refractivity contribution >= 4 is 11.6 Å². The highest BCUT2D eigenvalue weighted by atomic mass is 35.5. The van der Waals surface area contributed by atoms with Crippen LogP contribution in [0.1, 0.15) is 17.5 Å². The molecule has 1 aliphatic heterocycles. The van der Waals surface area contributed by atoms with Crippen LogP contribution in [0.15, 0.2) is 48.5 Å². The van der Waals surface area contributed by atoms with Crippen LogP contribution in [0.4, 0.5) is 4.39 Å². The van der Waals surface area contributed by atoms with Gasteiger partial charge in [0.25, 0.3) is 0 Å². The summed E-state index contributed by atoms with van der Waals surface area (Å²) in [6, 6.07) is 15.1. The maximum absolute atomic E-state index is 14.0. The average molecular weight is 363 g/mol. The van der Waals surface area contributed by atoms with Crippen LogP contribution in [0.2, 0.25) is 5.02 Å². The Morgan fingerprint density at radius 2 is 1.80 bits per heavy atom. The first-order valence-electron chi connectivity index (χ1n) is 8.71. The highest BCUT2D eigenvalue weighted by molar-refractivity contribution is 6.30. The third-order valence-corrected chi connectivity index (χ3v) is 5.05. The Bertz CT molecular complexity index is 680. The lowest BCUT2D eigenvalue weighted by Gasteiger charge is -2.41. The number of nitrogens with zero attached hydrogens (tertiary/aromatic N) is 2. The molecule has 0 aliphatic carbocycles. The Balaban J connectivity index is 1.63. The van der Waals surface area contributed by atoms with E-state index in [9.17, 15) is 9.50 Å². The Morgan fingerprint density at radius 3 is 2.52 bits per heavy atom. The monoisotopic (exact) mass is 362 g/mol. The summed E-state index contributed by atoms with van der Waals surface area (Å²) >= 11 is 5.95. The largest absolute Gasteiger partial charge is 0.396 e. The zero-order valence-corrected chi connectivity index (χ0v) is 15.0. The highest BCUT2D eigenvalue weighted by Gasteiger charge is 2.27. The molecule has 1 fully saturated rings. The van der Waals surface area contributed by atoms with Crippen molar-refractivity contribution in [2.24, 2.45) is 0 Å². The van der Waals surface area contributed by atoms with Gasteiger partial charge in [-0.1, -0.05) is 41.9 Å². The van der Waals surface area contributed by atoms with Crippen molar-refractivity contribution < 1.29 is 9.50 Å². The van der Waals surface area contributed by atoms with Crippen molar-refractivity contribution in [3.8, 4) is 0 Å². The van der Waals surface area contributed by atoms with Crippen molar-refractivity contribution in [3.05, 3.63) is 70.5 Å². The number of aliphatic hydroxyl groups is 1. The second-order valence-electron chi connectivity index (χ2n) is 6.59. The minimum atomic E-state index is -0.158. The third-order valence-electron chi connectivity index (χ3n) is 4.80. The number of benzene rings is 2. The Morgan fingerprint density at radius 1 is 1.04 bits per heavy atom. The molecule has 1 heterocycles. The average Bonchev–Trinajstić information content (AvgIpc) is 2.61. The van der Waals surface area contributed by atoms with Crippen LogP contribution in [0, 0.1) is 5.82 Å². The van der Waals surface area contributed by atoms with Crippen LogP contribution >= 0.6 is 11.6 Å². The molecule has 1 N–H and O–H groups in total. The Kier molecular flexibility index (Phi) is 6.43. The van der Waals surface area contributed by atoms with Crippen molar-refractivity contribution in [2.45, 2.75) is 25.6 Å². The molecule has 0 unspecified atom stereocenters. The highest BCUT2D eigenvalue weighted by Crippen LogP contribution is 2.20. The van der Waals surface area contributed by atoms with Crippen LogP contribution in [0.5, 0.6) is 0 Å². The van der Waals surface area contributed by atoms with Crippen molar-refractivity contribution in [2.75, 3.05) is 26.2 Å². The summed E-state index contributed by atoms with van der Waals surface area (Å²) in [5.41, 5.74) is 1.95. The van der Waals surface area contributed by atoms with Crippen LogP contribution < -0.4 is 0 Å². The number of rotatable bonds is 6. The van der Waals surface area contributed by atoms with E-state index in [-0.39, 0.29) is 18.5 Å². The molecule has 2 aromatic rings. The minimum absolute atomic E-state index is 0.146. The van der Waals surface area contributed by atoms with Crippen molar-refractivity contribution in [1.29, 1.82) is 0 Å². The van der Waals surface area contributed by atoms with Gasteiger partial charge in [-0.3, -0.25) is 9.80 Å². The first kappa shape index (κ1) is 18.3. The number of piperazine rings is 1. The molecule has 2 aromatic carbocycles. The predicted octanol–water partition coefficient (Wildman–Crippen LogP) is 3.55. The quantitative estimate of drug-likeness (QED) is 0.851. The summed E-state index contributed by atoms with van der Waals surface area (Å²) < 4.78 is 14.0. The van der Waals surface area contributed by atoms with Gasteiger partial charge in [-0.2, -0.15) is 0 Å². The second-order valence-corrected chi connectivity index (χ2v) is 7.03. The van der Waals surface area contributed by atoms with Crippen LogP contribution in [-0.4, -0.2) is 47.2 Å². The smallest absolute Gasteiger partial charge is 0.127 e. The topological polar surface area (TPSA) is 26.7 Å². The Hall–Kier alpha value is -1.46. The standard InChI is InChI=1S/C20H24ClFN2O/c21-18-7-5-16(6-8-18)13-23-10-11-24(19(15-23)9-12-25)14-17-3-1-2-4-20(17)22/h1-8,19,25H,9-15H2/t19-/m1/s1. The lowest BCUT2D eigenvalue weighted by atomic mass is 10.1. The molecule has 0 spiro atoms. The molecule has 3 nitrogen and oxygen atoms in total. The third kappa shape index (κ3) is 5.02. The van der Waals surface area contributed by atoms with E-state index in [1.807, 2.05) is 24.3 Å². The van der Waals surface area contributed by atoms with Crippen LogP contribution in [0.25, 0.3) is 0 Å². The maximum Gasteiger partial charge on any atom is 0.127 e. The second kappa shape index (κ2) is 8.77. The van der Waals surface area contributed by atoms with Crippen LogP contribution in [0.3, 0.4) is 0 Å². The normalized spacial score (nSPS) is 19.2. The van der Waals surface area contributed by atoms with E-state index in [0.717, 1.165) is 36.8 Å². The number of aliphatic hydroxyl groups excluding tert-OH is 1. The van der Waals surface area contributed by atoms with E-state index in [0.29, 0.717) is 13.0 Å². The zero-order chi connectivity index (χ0) is 17.6. The summed E-state index contributed by atoms with van der Waals surface area (Å²) in [5, 5.41) is 10.2. The van der Waals surface area contributed by atoms with Gasteiger partial charge in [-0.05, 0) is 30.2 Å². The van der Waals surface area contributed by atoms with Crippen molar-refractivity contribution in [1.82, 2.24) is 9.80 Å². The minimum Gasteiger partial charge on any atom is -0.396 e. The SMILES string of the molecule is OCC[C@@H]1CN(Cc2ccc(Cl)cc2)CCN1Cc1ccccc1F. The van der Waals surface area contributed by atoms with E-state index < -0.39 is 0 Å². The van der Waals surface area contributed by atoms with Gasteiger partial charge >= 0.3 is 0 Å². The maximum atomic E-state index is 14.0. The van der Waals surface area contributed by atoms with E-state index in [4.69, 9.17) is 11.6 Å². The molecule has 1 saturated heterocycles. The summed E-state index contributed by atoms with van der Waals surface area (Å²) in [5.74, 6) is -0.158. The molecule has 5 heteroatoms. The van der Waals surface area contributed by atoms with Crippen LogP contribution in [-0.2, 0) is 13.1 Å². The molecule has 0 aromatic heterocycles. The zero-order valence-electron chi connectivity index (χ0n) is 14.2. The van der Waals surface area contributed by atoms with E-state index in [1.54, 1.807) is 6.07 Å². The first-order valence-corrected chi connectivity index (χ1v) is 9.08. The summed E-state index contributed by atoms with van der Waals surface area (Å²) in [4.78, 5) is 4.68. The fourth-order valence-electron chi connectivity index (χ4n) is 3.43. The van der Waals surface area contributed by atoms with Gasteiger partial charge in [0.2, 0.25) is 0 Å². The summed E-state index contributed by atoms with van der Waals surface area (Å²) in [6.07, 6.45) is 0.700. The number of hydrogen-bond acceptors (Lipinski definition) is 3. The molecule has 25 heavy (non-hydrogen) atoms. The molecule has 134 valence electrons. The fourth-order valence-corrected chi connectivity index (χ4v) is 3.55. The van der Waals surface area contributed by atoms with Gasteiger partial charge < -0.3 is 5.11 Å². The molecule has 3 rings (SSSR count). The van der Waals surface area contributed by atoms with Gasteiger partial charge in [0, 0.05) is 56.0 Å². The number of hydrogen-bond donors (Lipinski definition) is 1. The van der Waals surface area contributed by atoms with Gasteiger partial charge in [-0.25, -0.2) is 4.39 Å². The molecular formula is C20H24ClFN2O. The van der Waals surface area contributed by atoms with Gasteiger partial charge in [0.15, 0.2) is 0 Å². The van der Waals surface area contributed by atoms with Crippen molar-refractivity contribution in [3.63, 3.8) is 0 Å². The summed E-state index contributed by atoms with van der Waals surface area (Å²) in [7, 11) is 0. The molecule has 1 aliphatic rings. The van der Waals surface area contributed by atoms with E-state index >= 15 is 0 Å². The lowest BCUT2D eigenvalue weighted by molar-refractivity contribution is 0.0493. The first-order chi connectivity index (χ1) is 12.2. The van der Waals surface area contributed by atoms with Gasteiger partial charge in [-0.15, -0.1) is 0 Å². The molecule has 0 radical (unpaired) electrons. The molecular weight excluding hydrogens is 339 g/mol. The van der Waals surface area contributed by atoms with Gasteiger partial charge in [0.05, 0.1) is 0 Å². The van der Waals surface area contributed by atoms with Gasteiger partial charge in [0.1, 0.15) is 5.82 Å².